The fourth-order valence-corrected chi connectivity index (χ4v) is 1.05. The van der Waals surface area contributed by atoms with E-state index in [0.717, 1.165) is 19.4 Å². The summed E-state index contributed by atoms with van der Waals surface area (Å²) in [6.45, 7) is 2.88. The molecule has 0 aliphatic carbocycles. The molecule has 4 heteroatoms. The highest BCUT2D eigenvalue weighted by Crippen LogP contribution is 1.95. The molecule has 0 saturated carbocycles. The molecule has 0 aliphatic rings. The maximum absolute atomic E-state index is 11.3. The van der Waals surface area contributed by atoms with Crippen LogP contribution in [0.15, 0.2) is 12.4 Å². The fraction of sp³-hybridized carbons (Fsp3) is 0.556. The highest BCUT2D eigenvalue weighted by atomic mass is 16.1. The van der Waals surface area contributed by atoms with E-state index in [-0.39, 0.29) is 5.91 Å². The van der Waals surface area contributed by atoms with Gasteiger partial charge in [0.05, 0.1) is 11.8 Å². The van der Waals surface area contributed by atoms with Gasteiger partial charge < -0.3 is 5.32 Å². The third kappa shape index (κ3) is 3.27. The molecule has 1 aromatic heterocycles. The van der Waals surface area contributed by atoms with Crippen LogP contribution in [0.3, 0.4) is 0 Å². The molecule has 0 spiro atoms. The van der Waals surface area contributed by atoms with Crippen molar-refractivity contribution in [2.24, 2.45) is 0 Å². The van der Waals surface area contributed by atoms with Crippen LogP contribution in [0.25, 0.3) is 0 Å². The Morgan fingerprint density at radius 3 is 3.08 bits per heavy atom. The minimum atomic E-state index is -0.0511. The molecule has 1 heterocycles. The van der Waals surface area contributed by atoms with Gasteiger partial charge in [0.25, 0.3) is 5.91 Å². The van der Waals surface area contributed by atoms with Crippen molar-refractivity contribution < 1.29 is 4.79 Å². The molecule has 0 unspecified atom stereocenters. The molecule has 72 valence electrons. The second-order valence-corrected chi connectivity index (χ2v) is 2.95. The van der Waals surface area contributed by atoms with Gasteiger partial charge in [-0.05, 0) is 6.42 Å². The van der Waals surface area contributed by atoms with E-state index in [1.807, 2.05) is 0 Å². The van der Waals surface area contributed by atoms with E-state index in [2.05, 4.69) is 22.4 Å². The summed E-state index contributed by atoms with van der Waals surface area (Å²) in [5, 5.41) is 9.12. The van der Waals surface area contributed by atoms with E-state index in [0.29, 0.717) is 5.56 Å². The lowest BCUT2D eigenvalue weighted by Gasteiger charge is -2.01. The summed E-state index contributed by atoms with van der Waals surface area (Å²) in [5.74, 6) is -0.0511. The van der Waals surface area contributed by atoms with Crippen LogP contribution in [0.5, 0.6) is 0 Å². The molecule has 1 aromatic rings. The van der Waals surface area contributed by atoms with Crippen molar-refractivity contribution >= 4 is 5.91 Å². The van der Waals surface area contributed by atoms with Gasteiger partial charge >= 0.3 is 0 Å². The lowest BCUT2D eigenvalue weighted by Crippen LogP contribution is -2.23. The molecule has 0 aromatic carbocycles. The number of hydrogen-bond donors (Lipinski definition) is 2. The molecule has 0 atom stereocenters. The number of rotatable bonds is 5. The largest absolute Gasteiger partial charge is 0.352 e. The monoisotopic (exact) mass is 181 g/mol. The van der Waals surface area contributed by atoms with E-state index in [1.54, 1.807) is 6.20 Å². The zero-order valence-corrected chi connectivity index (χ0v) is 7.84. The van der Waals surface area contributed by atoms with Crippen LogP contribution < -0.4 is 5.32 Å². The summed E-state index contributed by atoms with van der Waals surface area (Å²) < 4.78 is 0. The molecule has 2 N–H and O–H groups in total. The third-order valence-corrected chi connectivity index (χ3v) is 1.83. The third-order valence-electron chi connectivity index (χ3n) is 1.83. The molecule has 1 amide bonds. The van der Waals surface area contributed by atoms with Crippen molar-refractivity contribution in [2.45, 2.75) is 26.2 Å². The second kappa shape index (κ2) is 5.35. The van der Waals surface area contributed by atoms with Crippen LogP contribution in [0.4, 0.5) is 0 Å². The van der Waals surface area contributed by atoms with Gasteiger partial charge in [-0.3, -0.25) is 9.89 Å². The predicted molar refractivity (Wildman–Crippen MR) is 50.4 cm³/mol. The fourth-order valence-electron chi connectivity index (χ4n) is 1.05. The topological polar surface area (TPSA) is 57.8 Å². The Bertz CT molecular complexity index is 243. The second-order valence-electron chi connectivity index (χ2n) is 2.95. The van der Waals surface area contributed by atoms with Crippen LogP contribution in [0.1, 0.15) is 36.5 Å². The highest BCUT2D eigenvalue weighted by Gasteiger charge is 2.03. The van der Waals surface area contributed by atoms with Crippen LogP contribution in [-0.4, -0.2) is 22.6 Å². The Hall–Kier alpha value is -1.32. The van der Waals surface area contributed by atoms with E-state index in [9.17, 15) is 4.79 Å². The van der Waals surface area contributed by atoms with Crippen LogP contribution in [0, 0.1) is 0 Å². The van der Waals surface area contributed by atoms with E-state index >= 15 is 0 Å². The number of carbonyl (C=O) groups is 1. The quantitative estimate of drug-likeness (QED) is 0.673. The van der Waals surface area contributed by atoms with E-state index in [4.69, 9.17) is 0 Å². The van der Waals surface area contributed by atoms with Gasteiger partial charge in [-0.1, -0.05) is 19.8 Å². The Morgan fingerprint density at radius 2 is 2.46 bits per heavy atom. The van der Waals surface area contributed by atoms with Crippen molar-refractivity contribution in [3.05, 3.63) is 18.0 Å². The van der Waals surface area contributed by atoms with Crippen molar-refractivity contribution in [2.75, 3.05) is 6.54 Å². The first-order valence-electron chi connectivity index (χ1n) is 4.61. The van der Waals surface area contributed by atoms with Gasteiger partial charge in [-0.25, -0.2) is 0 Å². The van der Waals surface area contributed by atoms with Crippen LogP contribution in [-0.2, 0) is 0 Å². The number of aromatic nitrogens is 2. The number of aromatic amines is 1. The van der Waals surface area contributed by atoms with Crippen molar-refractivity contribution in [1.29, 1.82) is 0 Å². The molecule has 0 saturated heterocycles. The van der Waals surface area contributed by atoms with Gasteiger partial charge in [0.1, 0.15) is 0 Å². The minimum Gasteiger partial charge on any atom is -0.352 e. The van der Waals surface area contributed by atoms with Crippen molar-refractivity contribution in [3.8, 4) is 0 Å². The number of nitrogens with zero attached hydrogens (tertiary/aromatic N) is 1. The Morgan fingerprint density at radius 1 is 1.62 bits per heavy atom. The first kappa shape index (κ1) is 9.77. The number of unbranched alkanes of at least 4 members (excludes halogenated alkanes) is 2. The molecule has 1 rings (SSSR count). The maximum Gasteiger partial charge on any atom is 0.254 e. The number of nitrogens with one attached hydrogen (secondary N) is 2. The highest BCUT2D eigenvalue weighted by molar-refractivity contribution is 5.93. The van der Waals surface area contributed by atoms with Crippen LogP contribution >= 0.6 is 0 Å². The number of H-pyrrole nitrogens is 1. The molecule has 0 bridgehead atoms. The number of hydrogen-bond acceptors (Lipinski definition) is 2. The van der Waals surface area contributed by atoms with Crippen LogP contribution in [0.2, 0.25) is 0 Å². The number of amides is 1. The predicted octanol–water partition coefficient (Wildman–Crippen LogP) is 1.33. The summed E-state index contributed by atoms with van der Waals surface area (Å²) >= 11 is 0. The summed E-state index contributed by atoms with van der Waals surface area (Å²) in [7, 11) is 0. The first-order valence-corrected chi connectivity index (χ1v) is 4.61. The average Bonchev–Trinajstić information content (AvgIpc) is 2.65. The molecule has 0 radical (unpaired) electrons. The summed E-state index contributed by atoms with van der Waals surface area (Å²) in [4.78, 5) is 11.3. The van der Waals surface area contributed by atoms with Gasteiger partial charge in [0.2, 0.25) is 0 Å². The van der Waals surface area contributed by atoms with E-state index < -0.39 is 0 Å². The molecule has 4 nitrogen and oxygen atoms in total. The molecule has 13 heavy (non-hydrogen) atoms. The maximum atomic E-state index is 11.3. The van der Waals surface area contributed by atoms with Crippen molar-refractivity contribution in [3.63, 3.8) is 0 Å². The molecular weight excluding hydrogens is 166 g/mol. The van der Waals surface area contributed by atoms with Gasteiger partial charge in [0.15, 0.2) is 0 Å². The lowest BCUT2D eigenvalue weighted by molar-refractivity contribution is 0.0953. The zero-order chi connectivity index (χ0) is 9.52. The Labute approximate surface area is 77.7 Å². The van der Waals surface area contributed by atoms with Gasteiger partial charge in [-0.15, -0.1) is 0 Å². The Balaban J connectivity index is 2.19. The molecule has 0 aliphatic heterocycles. The minimum absolute atomic E-state index is 0.0511. The normalized spacial score (nSPS) is 9.92. The smallest absolute Gasteiger partial charge is 0.254 e. The summed E-state index contributed by atoms with van der Waals surface area (Å²) in [5.41, 5.74) is 0.594. The van der Waals surface area contributed by atoms with Crippen molar-refractivity contribution in [1.82, 2.24) is 15.5 Å². The van der Waals surface area contributed by atoms with Gasteiger partial charge in [0, 0.05) is 12.7 Å². The lowest BCUT2D eigenvalue weighted by atomic mass is 10.2. The summed E-state index contributed by atoms with van der Waals surface area (Å²) in [6, 6.07) is 0. The molecule has 0 fully saturated rings. The van der Waals surface area contributed by atoms with E-state index in [1.165, 1.54) is 12.6 Å². The molecular formula is C9H15N3O. The Kier molecular flexibility index (Phi) is 4.02. The zero-order valence-electron chi connectivity index (χ0n) is 7.84. The van der Waals surface area contributed by atoms with Gasteiger partial charge in [-0.2, -0.15) is 5.10 Å². The first-order chi connectivity index (χ1) is 6.34. The number of carbonyl (C=O) groups excluding carboxylic acids is 1. The standard InChI is InChI=1S/C9H15N3O/c1-2-3-4-5-10-9(13)8-6-11-12-7-8/h6-7H,2-5H2,1H3,(H,10,13)(H,11,12). The summed E-state index contributed by atoms with van der Waals surface area (Å²) in [6.07, 6.45) is 6.48. The SMILES string of the molecule is CCCCCNC(=O)c1cn[nH]c1. The average molecular weight is 181 g/mol.